The first-order valence-corrected chi connectivity index (χ1v) is 7.83. The van der Waals surface area contributed by atoms with Crippen LogP contribution in [0.25, 0.3) is 16.8 Å². The lowest BCUT2D eigenvalue weighted by Crippen LogP contribution is -2.23. The van der Waals surface area contributed by atoms with Gasteiger partial charge in [0.2, 0.25) is 0 Å². The third-order valence-electron chi connectivity index (χ3n) is 4.37. The van der Waals surface area contributed by atoms with Crippen molar-refractivity contribution in [1.29, 1.82) is 10.5 Å². The Balaban J connectivity index is 2.00. The van der Waals surface area contributed by atoms with E-state index in [1.807, 2.05) is 44.2 Å². The number of nitrogens with one attached hydrogen (secondary N) is 1. The monoisotopic (exact) mass is 311 g/mol. The van der Waals surface area contributed by atoms with Gasteiger partial charge in [-0.1, -0.05) is 61.5 Å². The van der Waals surface area contributed by atoms with E-state index in [1.54, 1.807) is 0 Å². The molecule has 24 heavy (non-hydrogen) atoms. The SMILES string of the molecule is CC1=C(C#N)[C@@H](C)C(C#N)=C(c2ccc(-c3ccccc3)cc2)N1. The highest BCUT2D eigenvalue weighted by molar-refractivity contribution is 5.77. The molecular weight excluding hydrogens is 294 g/mol. The van der Waals surface area contributed by atoms with Gasteiger partial charge in [0.1, 0.15) is 0 Å². The normalized spacial score (nSPS) is 17.1. The molecule has 3 heteroatoms. The Morgan fingerprint density at radius 3 is 1.92 bits per heavy atom. The number of hydrogen-bond acceptors (Lipinski definition) is 3. The van der Waals surface area contributed by atoms with E-state index in [-0.39, 0.29) is 5.92 Å². The summed E-state index contributed by atoms with van der Waals surface area (Å²) in [5, 5.41) is 22.1. The summed E-state index contributed by atoms with van der Waals surface area (Å²) >= 11 is 0. The zero-order valence-electron chi connectivity index (χ0n) is 13.7. The molecular formula is C21H17N3. The maximum Gasteiger partial charge on any atom is 0.0975 e. The molecule has 0 bridgehead atoms. The first-order chi connectivity index (χ1) is 11.7. The van der Waals surface area contributed by atoms with Crippen LogP contribution >= 0.6 is 0 Å². The summed E-state index contributed by atoms with van der Waals surface area (Å²) in [6.45, 7) is 3.78. The predicted molar refractivity (Wildman–Crippen MR) is 95.0 cm³/mol. The van der Waals surface area contributed by atoms with Crippen LogP contribution in [-0.4, -0.2) is 0 Å². The minimum absolute atomic E-state index is 0.190. The highest BCUT2D eigenvalue weighted by atomic mass is 14.9. The Labute approximate surface area is 142 Å². The van der Waals surface area contributed by atoms with Gasteiger partial charge in [0, 0.05) is 11.6 Å². The Morgan fingerprint density at radius 2 is 1.33 bits per heavy atom. The van der Waals surface area contributed by atoms with Crippen LogP contribution in [0.2, 0.25) is 0 Å². The maximum atomic E-state index is 9.55. The number of hydrogen-bond donors (Lipinski definition) is 1. The third kappa shape index (κ3) is 2.69. The lowest BCUT2D eigenvalue weighted by Gasteiger charge is -2.25. The van der Waals surface area contributed by atoms with Gasteiger partial charge in [0.05, 0.1) is 29.0 Å². The molecule has 116 valence electrons. The lowest BCUT2D eigenvalue weighted by atomic mass is 9.86. The molecule has 0 spiro atoms. The van der Waals surface area contributed by atoms with Crippen molar-refractivity contribution >= 4 is 5.70 Å². The van der Waals surface area contributed by atoms with Crippen molar-refractivity contribution in [2.45, 2.75) is 13.8 Å². The molecule has 0 fully saturated rings. The topological polar surface area (TPSA) is 59.6 Å². The summed E-state index contributed by atoms with van der Waals surface area (Å²) < 4.78 is 0. The second kappa shape index (κ2) is 6.44. The minimum atomic E-state index is -0.190. The summed E-state index contributed by atoms with van der Waals surface area (Å²) in [6.07, 6.45) is 0. The average molecular weight is 311 g/mol. The summed E-state index contributed by atoms with van der Waals surface area (Å²) in [5.74, 6) is -0.190. The summed E-state index contributed by atoms with van der Waals surface area (Å²) in [5.41, 5.74) is 6.07. The van der Waals surface area contributed by atoms with Gasteiger partial charge in [-0.15, -0.1) is 0 Å². The van der Waals surface area contributed by atoms with Gasteiger partial charge in [0.25, 0.3) is 0 Å². The number of rotatable bonds is 2. The van der Waals surface area contributed by atoms with Crippen molar-refractivity contribution in [3.63, 3.8) is 0 Å². The van der Waals surface area contributed by atoms with Gasteiger partial charge in [-0.05, 0) is 23.6 Å². The van der Waals surface area contributed by atoms with Crippen molar-refractivity contribution in [2.75, 3.05) is 0 Å². The number of allylic oxidation sites excluding steroid dienone is 3. The van der Waals surface area contributed by atoms with Gasteiger partial charge >= 0.3 is 0 Å². The lowest BCUT2D eigenvalue weighted by molar-refractivity contribution is 0.791. The van der Waals surface area contributed by atoms with Crippen LogP contribution < -0.4 is 5.32 Å². The second-order valence-corrected chi connectivity index (χ2v) is 5.84. The minimum Gasteiger partial charge on any atom is -0.357 e. The molecule has 1 heterocycles. The molecule has 0 aromatic heterocycles. The Hall–Kier alpha value is -3.30. The number of benzene rings is 2. The molecule has 1 N–H and O–H groups in total. The molecule has 3 nitrogen and oxygen atoms in total. The van der Waals surface area contributed by atoms with Gasteiger partial charge in [-0.3, -0.25) is 0 Å². The Bertz CT molecular complexity index is 904. The predicted octanol–water partition coefficient (Wildman–Crippen LogP) is 4.63. The van der Waals surface area contributed by atoms with Crippen molar-refractivity contribution in [1.82, 2.24) is 5.32 Å². The molecule has 0 aliphatic carbocycles. The summed E-state index contributed by atoms with van der Waals surface area (Å²) in [4.78, 5) is 0. The summed E-state index contributed by atoms with van der Waals surface area (Å²) in [7, 11) is 0. The van der Waals surface area contributed by atoms with Crippen LogP contribution in [0.4, 0.5) is 0 Å². The van der Waals surface area contributed by atoms with E-state index in [1.165, 1.54) is 0 Å². The van der Waals surface area contributed by atoms with Gasteiger partial charge in [0.15, 0.2) is 0 Å². The van der Waals surface area contributed by atoms with E-state index in [4.69, 9.17) is 0 Å². The number of nitrogens with zero attached hydrogens (tertiary/aromatic N) is 2. The molecule has 0 amide bonds. The quantitative estimate of drug-likeness (QED) is 0.880. The second-order valence-electron chi connectivity index (χ2n) is 5.84. The molecule has 2 aromatic rings. The van der Waals surface area contributed by atoms with Crippen molar-refractivity contribution < 1.29 is 0 Å². The zero-order valence-corrected chi connectivity index (χ0v) is 13.7. The van der Waals surface area contributed by atoms with Crippen molar-refractivity contribution in [3.05, 3.63) is 77.0 Å². The molecule has 0 saturated heterocycles. The largest absolute Gasteiger partial charge is 0.357 e. The first-order valence-electron chi connectivity index (χ1n) is 7.83. The van der Waals surface area contributed by atoms with E-state index >= 15 is 0 Å². The van der Waals surface area contributed by atoms with Crippen LogP contribution in [0.1, 0.15) is 19.4 Å². The molecule has 0 unspecified atom stereocenters. The van der Waals surface area contributed by atoms with Gasteiger partial charge < -0.3 is 5.32 Å². The molecule has 3 rings (SSSR count). The smallest absolute Gasteiger partial charge is 0.0975 e. The van der Waals surface area contributed by atoms with Crippen molar-refractivity contribution in [3.8, 4) is 23.3 Å². The molecule has 0 radical (unpaired) electrons. The van der Waals surface area contributed by atoms with Crippen molar-refractivity contribution in [2.24, 2.45) is 5.92 Å². The molecule has 1 aliphatic heterocycles. The van der Waals surface area contributed by atoms with E-state index in [0.717, 1.165) is 28.1 Å². The van der Waals surface area contributed by atoms with Crippen LogP contribution in [0.5, 0.6) is 0 Å². The molecule has 0 saturated carbocycles. The van der Waals surface area contributed by atoms with E-state index < -0.39 is 0 Å². The fourth-order valence-corrected chi connectivity index (χ4v) is 3.03. The molecule has 1 atom stereocenters. The van der Waals surface area contributed by atoms with Crippen LogP contribution in [-0.2, 0) is 0 Å². The van der Waals surface area contributed by atoms with Gasteiger partial charge in [-0.2, -0.15) is 10.5 Å². The van der Waals surface area contributed by atoms with E-state index in [0.29, 0.717) is 11.1 Å². The van der Waals surface area contributed by atoms with Crippen LogP contribution in [0.15, 0.2) is 71.4 Å². The number of dihydropyridines is 1. The Morgan fingerprint density at radius 1 is 0.792 bits per heavy atom. The van der Waals surface area contributed by atoms with Crippen LogP contribution in [0.3, 0.4) is 0 Å². The fraction of sp³-hybridized carbons (Fsp3) is 0.143. The number of nitriles is 2. The highest BCUT2D eigenvalue weighted by Crippen LogP contribution is 2.33. The maximum absolute atomic E-state index is 9.55. The molecule has 1 aliphatic rings. The molecule has 2 aromatic carbocycles. The van der Waals surface area contributed by atoms with E-state index in [9.17, 15) is 10.5 Å². The van der Waals surface area contributed by atoms with E-state index in [2.05, 4.69) is 41.7 Å². The van der Waals surface area contributed by atoms with Crippen LogP contribution in [0, 0.1) is 28.6 Å². The average Bonchev–Trinajstić information content (AvgIpc) is 2.62. The summed E-state index contributed by atoms with van der Waals surface area (Å²) in [6, 6.07) is 22.8. The fourth-order valence-electron chi connectivity index (χ4n) is 3.03. The third-order valence-corrected chi connectivity index (χ3v) is 4.37. The first kappa shape index (κ1) is 15.6. The zero-order chi connectivity index (χ0) is 17.1. The highest BCUT2D eigenvalue weighted by Gasteiger charge is 2.26. The Kier molecular flexibility index (Phi) is 4.18. The standard InChI is InChI=1S/C21H17N3/c1-14-19(12-22)15(2)24-21(20(14)13-23)18-10-8-17(9-11-18)16-6-4-3-5-7-16/h3-11,14,24H,1-2H3/t14-/m1/s1. The van der Waals surface area contributed by atoms with Gasteiger partial charge in [-0.25, -0.2) is 0 Å².